The molecule has 1 nitrogen and oxygen atoms in total. The number of ketones is 1. The summed E-state index contributed by atoms with van der Waals surface area (Å²) in [6.07, 6.45) is 2.46. The van der Waals surface area contributed by atoms with Crippen molar-refractivity contribution in [2.24, 2.45) is 5.92 Å². The van der Waals surface area contributed by atoms with Gasteiger partial charge in [-0.2, -0.15) is 0 Å². The molecule has 3 rings (SSSR count). The van der Waals surface area contributed by atoms with E-state index in [9.17, 15) is 9.18 Å². The monoisotopic (exact) mass is 288 g/mol. The summed E-state index contributed by atoms with van der Waals surface area (Å²) in [4.78, 5) is 12.5. The molecule has 1 unspecified atom stereocenters. The molecule has 0 fully saturated rings. The third-order valence-electron chi connectivity index (χ3n) is 3.92. The van der Waals surface area contributed by atoms with E-state index in [-0.39, 0.29) is 16.7 Å². The van der Waals surface area contributed by atoms with Crippen LogP contribution in [0.3, 0.4) is 0 Å². The van der Waals surface area contributed by atoms with E-state index in [1.807, 2.05) is 12.1 Å². The molecule has 0 saturated carbocycles. The number of aryl methyl sites for hydroxylation is 1. The van der Waals surface area contributed by atoms with Crippen LogP contribution in [0.25, 0.3) is 0 Å². The highest BCUT2D eigenvalue weighted by Crippen LogP contribution is 2.28. The van der Waals surface area contributed by atoms with Gasteiger partial charge < -0.3 is 0 Å². The SMILES string of the molecule is O=C(c1ccc(Cl)c(F)c1)C1CCc2ccccc2C1. The Hall–Kier alpha value is -1.67. The first-order valence-electron chi connectivity index (χ1n) is 6.71. The van der Waals surface area contributed by atoms with Gasteiger partial charge in [0.05, 0.1) is 5.02 Å². The van der Waals surface area contributed by atoms with Crippen molar-refractivity contribution in [3.05, 3.63) is 70.0 Å². The largest absolute Gasteiger partial charge is 0.294 e. The van der Waals surface area contributed by atoms with E-state index in [0.717, 1.165) is 19.3 Å². The zero-order valence-electron chi connectivity index (χ0n) is 10.9. The van der Waals surface area contributed by atoms with E-state index in [1.165, 1.54) is 23.3 Å². The Balaban J connectivity index is 1.84. The summed E-state index contributed by atoms with van der Waals surface area (Å²) in [5, 5.41) is 0.0514. The van der Waals surface area contributed by atoms with Gasteiger partial charge in [-0.25, -0.2) is 4.39 Å². The van der Waals surface area contributed by atoms with Gasteiger partial charge in [0.25, 0.3) is 0 Å². The Kier molecular flexibility index (Phi) is 3.58. The fraction of sp³-hybridized carbons (Fsp3) is 0.235. The van der Waals surface area contributed by atoms with Crippen molar-refractivity contribution in [3.63, 3.8) is 0 Å². The summed E-state index contributed by atoms with van der Waals surface area (Å²) in [7, 11) is 0. The lowest BCUT2D eigenvalue weighted by Crippen LogP contribution is -2.22. The third-order valence-corrected chi connectivity index (χ3v) is 4.23. The minimum Gasteiger partial charge on any atom is -0.294 e. The van der Waals surface area contributed by atoms with Crippen LogP contribution in [-0.2, 0) is 12.8 Å². The van der Waals surface area contributed by atoms with Gasteiger partial charge in [0.15, 0.2) is 5.78 Å². The van der Waals surface area contributed by atoms with Crippen molar-refractivity contribution in [1.29, 1.82) is 0 Å². The van der Waals surface area contributed by atoms with Crippen LogP contribution in [0, 0.1) is 11.7 Å². The Morgan fingerprint density at radius 1 is 1.15 bits per heavy atom. The second-order valence-electron chi connectivity index (χ2n) is 5.20. The number of benzene rings is 2. The summed E-state index contributed by atoms with van der Waals surface area (Å²) in [6, 6.07) is 12.5. The highest BCUT2D eigenvalue weighted by molar-refractivity contribution is 6.30. The van der Waals surface area contributed by atoms with Crippen LogP contribution in [0.5, 0.6) is 0 Å². The predicted octanol–water partition coefficient (Wildman–Crippen LogP) is 4.47. The average molecular weight is 289 g/mol. The second kappa shape index (κ2) is 5.37. The number of fused-ring (bicyclic) bond motifs is 1. The maximum absolute atomic E-state index is 13.5. The minimum absolute atomic E-state index is 0.00932. The highest BCUT2D eigenvalue weighted by Gasteiger charge is 2.25. The van der Waals surface area contributed by atoms with Gasteiger partial charge >= 0.3 is 0 Å². The number of rotatable bonds is 2. The van der Waals surface area contributed by atoms with E-state index in [1.54, 1.807) is 6.07 Å². The molecular formula is C17H14ClFO. The first kappa shape index (κ1) is 13.3. The fourth-order valence-corrected chi connectivity index (χ4v) is 2.92. The molecule has 0 aliphatic heterocycles. The number of hydrogen-bond acceptors (Lipinski definition) is 1. The standard InChI is InChI=1S/C17H14ClFO/c18-15-8-7-14(10-16(15)19)17(20)13-6-5-11-3-1-2-4-12(11)9-13/h1-4,7-8,10,13H,5-6,9H2. The van der Waals surface area contributed by atoms with Gasteiger partial charge in [-0.3, -0.25) is 4.79 Å². The van der Waals surface area contributed by atoms with Crippen molar-refractivity contribution >= 4 is 17.4 Å². The van der Waals surface area contributed by atoms with Crippen molar-refractivity contribution < 1.29 is 9.18 Å². The van der Waals surface area contributed by atoms with Crippen molar-refractivity contribution in [2.45, 2.75) is 19.3 Å². The number of carbonyl (C=O) groups excluding carboxylic acids is 1. The van der Waals surface area contributed by atoms with Crippen LogP contribution in [0.2, 0.25) is 5.02 Å². The lowest BCUT2D eigenvalue weighted by atomic mass is 9.80. The third kappa shape index (κ3) is 2.48. The summed E-state index contributed by atoms with van der Waals surface area (Å²) in [5.41, 5.74) is 2.96. The molecule has 1 atom stereocenters. The molecular weight excluding hydrogens is 275 g/mol. The van der Waals surface area contributed by atoms with E-state index in [4.69, 9.17) is 11.6 Å². The molecule has 20 heavy (non-hydrogen) atoms. The second-order valence-corrected chi connectivity index (χ2v) is 5.61. The molecule has 2 aromatic carbocycles. The number of halogens is 2. The van der Waals surface area contributed by atoms with Gasteiger partial charge in [0.1, 0.15) is 5.82 Å². The van der Waals surface area contributed by atoms with Crippen LogP contribution in [0.15, 0.2) is 42.5 Å². The Labute approximate surface area is 122 Å². The molecule has 3 heteroatoms. The lowest BCUT2D eigenvalue weighted by Gasteiger charge is -2.23. The number of hydrogen-bond donors (Lipinski definition) is 0. The van der Waals surface area contributed by atoms with E-state index < -0.39 is 5.82 Å². The molecule has 1 aliphatic carbocycles. The topological polar surface area (TPSA) is 17.1 Å². The zero-order valence-corrected chi connectivity index (χ0v) is 11.7. The zero-order chi connectivity index (χ0) is 14.1. The predicted molar refractivity (Wildman–Crippen MR) is 77.7 cm³/mol. The smallest absolute Gasteiger partial charge is 0.166 e. The van der Waals surface area contributed by atoms with Crippen molar-refractivity contribution in [3.8, 4) is 0 Å². The number of Topliss-reactive ketones (excluding diaryl/α,β-unsaturated/α-hetero) is 1. The quantitative estimate of drug-likeness (QED) is 0.745. The summed E-state index contributed by atoms with van der Waals surface area (Å²) < 4.78 is 13.5. The number of carbonyl (C=O) groups is 1. The summed E-state index contributed by atoms with van der Waals surface area (Å²) in [6.45, 7) is 0. The molecule has 102 valence electrons. The van der Waals surface area contributed by atoms with Gasteiger partial charge in [0, 0.05) is 11.5 Å². The summed E-state index contributed by atoms with van der Waals surface area (Å²) >= 11 is 5.65. The molecule has 0 radical (unpaired) electrons. The highest BCUT2D eigenvalue weighted by atomic mass is 35.5. The van der Waals surface area contributed by atoms with E-state index in [0.29, 0.717) is 5.56 Å². The van der Waals surface area contributed by atoms with Crippen LogP contribution >= 0.6 is 11.6 Å². The first-order valence-corrected chi connectivity index (χ1v) is 7.09. The van der Waals surface area contributed by atoms with Crippen LogP contribution < -0.4 is 0 Å². The van der Waals surface area contributed by atoms with Crippen LogP contribution in [0.4, 0.5) is 4.39 Å². The summed E-state index contributed by atoms with van der Waals surface area (Å²) in [5.74, 6) is -0.589. The maximum atomic E-state index is 13.5. The molecule has 0 spiro atoms. The van der Waals surface area contributed by atoms with E-state index >= 15 is 0 Å². The molecule has 0 N–H and O–H groups in total. The lowest BCUT2D eigenvalue weighted by molar-refractivity contribution is 0.0908. The normalized spacial score (nSPS) is 17.6. The fourth-order valence-electron chi connectivity index (χ4n) is 2.81. The molecule has 1 aliphatic rings. The first-order chi connectivity index (χ1) is 9.65. The van der Waals surface area contributed by atoms with Gasteiger partial charge in [0.2, 0.25) is 0 Å². The Morgan fingerprint density at radius 2 is 1.90 bits per heavy atom. The average Bonchev–Trinajstić information content (AvgIpc) is 2.49. The Bertz CT molecular complexity index is 666. The molecule has 0 aromatic heterocycles. The van der Waals surface area contributed by atoms with E-state index in [2.05, 4.69) is 12.1 Å². The Morgan fingerprint density at radius 3 is 2.65 bits per heavy atom. The molecule has 2 aromatic rings. The van der Waals surface area contributed by atoms with Crippen LogP contribution in [0.1, 0.15) is 27.9 Å². The molecule has 0 bridgehead atoms. The van der Waals surface area contributed by atoms with Gasteiger partial charge in [-0.05, 0) is 48.6 Å². The van der Waals surface area contributed by atoms with Crippen molar-refractivity contribution in [2.75, 3.05) is 0 Å². The molecule has 0 saturated heterocycles. The van der Waals surface area contributed by atoms with Crippen LogP contribution in [-0.4, -0.2) is 5.78 Å². The minimum atomic E-state index is -0.534. The molecule has 0 heterocycles. The van der Waals surface area contributed by atoms with Gasteiger partial charge in [-0.1, -0.05) is 35.9 Å². The maximum Gasteiger partial charge on any atom is 0.166 e. The van der Waals surface area contributed by atoms with Gasteiger partial charge in [-0.15, -0.1) is 0 Å². The van der Waals surface area contributed by atoms with Crippen molar-refractivity contribution in [1.82, 2.24) is 0 Å². The molecule has 0 amide bonds.